The van der Waals surface area contributed by atoms with Gasteiger partial charge >= 0.3 is 5.97 Å². The third-order valence-corrected chi connectivity index (χ3v) is 3.97. The number of rotatable bonds is 7. The van der Waals surface area contributed by atoms with Crippen molar-refractivity contribution in [3.8, 4) is 5.75 Å². The van der Waals surface area contributed by atoms with Crippen LogP contribution in [0.25, 0.3) is 0 Å². The minimum Gasteiger partial charge on any atom is -0.491 e. The predicted octanol–water partition coefficient (Wildman–Crippen LogP) is 0.496. The van der Waals surface area contributed by atoms with Gasteiger partial charge in [0.2, 0.25) is 5.43 Å². The smallest absolute Gasteiger partial charge is 0.356 e. The Labute approximate surface area is 158 Å². The van der Waals surface area contributed by atoms with Crippen LogP contribution in [0.15, 0.2) is 35.3 Å². The number of carboxylic acid groups (broad SMARTS) is 1. The van der Waals surface area contributed by atoms with Gasteiger partial charge < -0.3 is 29.9 Å². The minimum absolute atomic E-state index is 0.443. The first kappa shape index (κ1) is 21.1. The van der Waals surface area contributed by atoms with Crippen LogP contribution in [0.4, 0.5) is 4.39 Å². The molecule has 0 aliphatic carbocycles. The largest absolute Gasteiger partial charge is 0.491 e. The zero-order chi connectivity index (χ0) is 21.0. The van der Waals surface area contributed by atoms with E-state index in [4.69, 9.17) is 4.74 Å². The maximum absolute atomic E-state index is 13.0. The molecule has 2 rings (SSSR count). The summed E-state index contributed by atoms with van der Waals surface area (Å²) in [7, 11) is 1.06. The third kappa shape index (κ3) is 4.53. The Morgan fingerprint density at radius 2 is 1.86 bits per heavy atom. The first-order chi connectivity index (χ1) is 13.1. The van der Waals surface area contributed by atoms with Crippen LogP contribution in [0.1, 0.15) is 39.4 Å². The average Bonchev–Trinajstić information content (AvgIpc) is 2.62. The van der Waals surface area contributed by atoms with Crippen molar-refractivity contribution in [3.63, 3.8) is 0 Å². The van der Waals surface area contributed by atoms with Crippen molar-refractivity contribution in [1.29, 1.82) is 0 Å². The molecule has 150 valence electrons. The Morgan fingerprint density at radius 3 is 2.36 bits per heavy atom. The predicted molar refractivity (Wildman–Crippen MR) is 94.7 cm³/mol. The van der Waals surface area contributed by atoms with Crippen LogP contribution in [-0.2, 0) is 6.54 Å². The molecule has 0 aliphatic heterocycles. The summed E-state index contributed by atoms with van der Waals surface area (Å²) >= 11 is 0. The Kier molecular flexibility index (Phi) is 6.49. The van der Waals surface area contributed by atoms with Gasteiger partial charge in [0.05, 0.1) is 19.7 Å². The Morgan fingerprint density at radius 1 is 1.25 bits per heavy atom. The average molecular weight is 394 g/mol. The van der Waals surface area contributed by atoms with E-state index in [9.17, 15) is 34.1 Å². The van der Waals surface area contributed by atoms with E-state index in [0.717, 1.165) is 17.9 Å². The lowest BCUT2D eigenvalue weighted by Gasteiger charge is -2.18. The van der Waals surface area contributed by atoms with Gasteiger partial charge in [-0.15, -0.1) is 0 Å². The van der Waals surface area contributed by atoms with Crippen LogP contribution < -0.4 is 15.5 Å². The van der Waals surface area contributed by atoms with Crippen LogP contribution >= 0.6 is 0 Å². The molecule has 4 N–H and O–H groups in total. The number of benzene rings is 1. The standard InChI is InChI=1S/C18H19FN2O7/c1-9(10-3-5-11(19)6-4-10)20-17(25)12-7-21(8-13(22)23)14(18(26)27)16(28-2)15(12)24/h3-7,9,13,22-23H,8H2,1-2H3,(H,20,25)(H,26,27)/t9-/m1/s1. The van der Waals surface area contributed by atoms with E-state index in [0.29, 0.717) is 5.56 Å². The molecule has 0 bridgehead atoms. The number of aromatic carboxylic acids is 1. The van der Waals surface area contributed by atoms with Crippen LogP contribution in [0.2, 0.25) is 0 Å². The number of methoxy groups -OCH3 is 1. The Balaban J connectivity index is 2.45. The molecule has 1 heterocycles. The van der Waals surface area contributed by atoms with Crippen molar-refractivity contribution in [1.82, 2.24) is 9.88 Å². The normalized spacial score (nSPS) is 11.9. The number of halogens is 1. The highest BCUT2D eigenvalue weighted by molar-refractivity contribution is 5.96. The fourth-order valence-corrected chi connectivity index (χ4v) is 2.64. The van der Waals surface area contributed by atoms with Crippen LogP contribution in [0.5, 0.6) is 5.75 Å². The number of hydrogen-bond acceptors (Lipinski definition) is 6. The van der Waals surface area contributed by atoms with E-state index in [2.05, 4.69) is 5.32 Å². The lowest BCUT2D eigenvalue weighted by molar-refractivity contribution is -0.0518. The van der Waals surface area contributed by atoms with Gasteiger partial charge in [-0.05, 0) is 24.6 Å². The Bertz CT molecular complexity index is 938. The number of aliphatic hydroxyl groups is 2. The van der Waals surface area contributed by atoms with Crippen LogP contribution in [0.3, 0.4) is 0 Å². The van der Waals surface area contributed by atoms with Gasteiger partial charge in [0.1, 0.15) is 11.4 Å². The highest BCUT2D eigenvalue weighted by Gasteiger charge is 2.26. The number of aromatic nitrogens is 1. The fourth-order valence-electron chi connectivity index (χ4n) is 2.64. The number of nitrogens with zero attached hydrogens (tertiary/aromatic N) is 1. The molecule has 0 saturated carbocycles. The summed E-state index contributed by atoms with van der Waals surface area (Å²) in [5, 5.41) is 30.2. The van der Waals surface area contributed by atoms with Gasteiger partial charge in [0, 0.05) is 6.20 Å². The lowest BCUT2D eigenvalue weighted by Crippen LogP contribution is -2.34. The van der Waals surface area contributed by atoms with Crippen LogP contribution in [0, 0.1) is 5.82 Å². The molecule has 1 aromatic carbocycles. The number of carbonyl (C=O) groups is 2. The first-order valence-corrected chi connectivity index (χ1v) is 8.12. The number of carbonyl (C=O) groups excluding carboxylic acids is 1. The maximum atomic E-state index is 13.0. The van der Waals surface area contributed by atoms with Crippen molar-refractivity contribution in [2.75, 3.05) is 7.11 Å². The van der Waals surface area contributed by atoms with Gasteiger partial charge in [-0.1, -0.05) is 12.1 Å². The van der Waals surface area contributed by atoms with E-state index in [1.165, 1.54) is 24.3 Å². The molecule has 2 aromatic rings. The molecule has 0 spiro atoms. The lowest BCUT2D eigenvalue weighted by atomic mass is 10.1. The van der Waals surface area contributed by atoms with E-state index in [1.807, 2.05) is 0 Å². The van der Waals surface area contributed by atoms with E-state index in [1.54, 1.807) is 6.92 Å². The summed E-state index contributed by atoms with van der Waals surface area (Å²) < 4.78 is 18.7. The highest BCUT2D eigenvalue weighted by atomic mass is 19.1. The SMILES string of the molecule is COc1c(C(=O)O)n(CC(O)O)cc(C(=O)N[C@H](C)c2ccc(F)cc2)c1=O. The number of ether oxygens (including phenoxy) is 1. The molecule has 0 fully saturated rings. The van der Waals surface area contributed by atoms with Crippen molar-refractivity contribution in [3.05, 3.63) is 63.3 Å². The quantitative estimate of drug-likeness (QED) is 0.502. The molecular formula is C18H19FN2O7. The fraction of sp³-hybridized carbons (Fsp3) is 0.278. The number of amides is 1. The molecule has 0 saturated heterocycles. The summed E-state index contributed by atoms with van der Waals surface area (Å²) in [6, 6.07) is 4.79. The zero-order valence-electron chi connectivity index (χ0n) is 15.0. The second-order valence-corrected chi connectivity index (χ2v) is 5.94. The summed E-state index contributed by atoms with van der Waals surface area (Å²) in [5.74, 6) is -3.43. The van der Waals surface area contributed by atoms with Crippen molar-refractivity contribution in [2.24, 2.45) is 0 Å². The van der Waals surface area contributed by atoms with Gasteiger partial charge in [-0.3, -0.25) is 9.59 Å². The van der Waals surface area contributed by atoms with Gasteiger partial charge in [-0.2, -0.15) is 0 Å². The number of aliphatic hydroxyl groups excluding tert-OH is 1. The number of carboxylic acids is 1. The van der Waals surface area contributed by atoms with Crippen molar-refractivity contribution >= 4 is 11.9 Å². The summed E-state index contributed by atoms with van der Waals surface area (Å²) in [6.45, 7) is 1.01. The monoisotopic (exact) mass is 394 g/mol. The molecule has 0 unspecified atom stereocenters. The molecule has 28 heavy (non-hydrogen) atoms. The van der Waals surface area contributed by atoms with Crippen molar-refractivity contribution in [2.45, 2.75) is 25.8 Å². The van der Waals surface area contributed by atoms with E-state index < -0.39 is 59.0 Å². The van der Waals surface area contributed by atoms with Gasteiger partial charge in [0.15, 0.2) is 17.7 Å². The van der Waals surface area contributed by atoms with Gasteiger partial charge in [0.25, 0.3) is 5.91 Å². The topological polar surface area (TPSA) is 138 Å². The zero-order valence-corrected chi connectivity index (χ0v) is 15.0. The second-order valence-electron chi connectivity index (χ2n) is 5.94. The molecule has 0 radical (unpaired) electrons. The minimum atomic E-state index is -1.93. The number of nitrogens with one attached hydrogen (secondary N) is 1. The van der Waals surface area contributed by atoms with E-state index in [-0.39, 0.29) is 0 Å². The molecule has 0 aliphatic rings. The maximum Gasteiger partial charge on any atom is 0.356 e. The van der Waals surface area contributed by atoms with Gasteiger partial charge in [-0.25, -0.2) is 9.18 Å². The molecule has 1 amide bonds. The number of hydrogen-bond donors (Lipinski definition) is 4. The molecular weight excluding hydrogens is 375 g/mol. The third-order valence-electron chi connectivity index (χ3n) is 3.97. The van der Waals surface area contributed by atoms with Crippen molar-refractivity contribution < 1.29 is 34.0 Å². The molecule has 1 atom stereocenters. The van der Waals surface area contributed by atoms with E-state index >= 15 is 0 Å². The Hall–Kier alpha value is -3.24. The summed E-state index contributed by atoms with van der Waals surface area (Å²) in [5.41, 5.74) is -1.46. The summed E-state index contributed by atoms with van der Waals surface area (Å²) in [6.07, 6.45) is -1.01. The highest BCUT2D eigenvalue weighted by Crippen LogP contribution is 2.17. The molecule has 9 nitrogen and oxygen atoms in total. The first-order valence-electron chi connectivity index (χ1n) is 8.12. The number of pyridine rings is 1. The molecule has 10 heteroatoms. The summed E-state index contributed by atoms with van der Waals surface area (Å²) in [4.78, 5) is 36.6. The van der Waals surface area contributed by atoms with Crippen LogP contribution in [-0.4, -0.2) is 45.2 Å². The molecule has 1 aromatic heterocycles. The second kappa shape index (κ2) is 8.63.